The zero-order valence-electron chi connectivity index (χ0n) is 16.8. The molecule has 0 aliphatic carbocycles. The molecule has 0 saturated carbocycles. The lowest BCUT2D eigenvalue weighted by molar-refractivity contribution is 0.674. The highest BCUT2D eigenvalue weighted by molar-refractivity contribution is 6.70. The molecule has 31 heavy (non-hydrogen) atoms. The molecule has 3 aromatic carbocycles. The lowest BCUT2D eigenvalue weighted by atomic mass is 9.57. The van der Waals surface area contributed by atoms with Gasteiger partial charge in [0.1, 0.15) is 97.5 Å². The highest BCUT2D eigenvalue weighted by atomic mass is 16.3. The molecule has 0 atom stereocenters. The van der Waals surface area contributed by atoms with Crippen LogP contribution in [0.4, 0.5) is 0 Å². The van der Waals surface area contributed by atoms with Crippen molar-refractivity contribution in [3.05, 3.63) is 5.56 Å². The first-order valence-corrected chi connectivity index (χ1v) is 9.08. The van der Waals surface area contributed by atoms with Crippen LogP contribution in [0.15, 0.2) is 4.42 Å². The van der Waals surface area contributed by atoms with Crippen LogP contribution in [0.3, 0.4) is 0 Å². The van der Waals surface area contributed by atoms with Crippen LogP contribution < -0.4 is 60.1 Å². The Hall–Kier alpha value is -1.83. The summed E-state index contributed by atoms with van der Waals surface area (Å²) in [6.07, 6.45) is 0. The standard InChI is InChI=1S/C19H3B11O/c1-2-3-6-11(24)8(21)5(4-9(22)14(27)16(29)15(28)10(4)23)12(25)19(6)31-18(3)17(30)13(26)7(2)20/h1H3. The summed E-state index contributed by atoms with van der Waals surface area (Å²) >= 11 is 0. The second-order valence-corrected chi connectivity index (χ2v) is 7.44. The maximum absolute atomic E-state index is 6.48. The number of benzene rings is 3. The van der Waals surface area contributed by atoms with Gasteiger partial charge in [-0.1, -0.05) is 27.3 Å². The Morgan fingerprint density at radius 3 is 1.32 bits per heavy atom. The van der Waals surface area contributed by atoms with Crippen LogP contribution in [-0.2, 0) is 0 Å². The molecule has 1 heterocycles. The van der Waals surface area contributed by atoms with Crippen molar-refractivity contribution in [2.24, 2.45) is 0 Å². The lowest BCUT2D eigenvalue weighted by Gasteiger charge is -2.25. The summed E-state index contributed by atoms with van der Waals surface area (Å²) in [5.74, 6) is 0. The van der Waals surface area contributed by atoms with E-state index in [0.29, 0.717) is 21.8 Å². The van der Waals surface area contributed by atoms with Crippen LogP contribution in [0.5, 0.6) is 0 Å². The van der Waals surface area contributed by atoms with Gasteiger partial charge in [-0.2, -0.15) is 0 Å². The molecule has 0 aliphatic heterocycles. The van der Waals surface area contributed by atoms with E-state index in [-0.39, 0.29) is 76.9 Å². The van der Waals surface area contributed by atoms with Gasteiger partial charge in [0.05, 0.1) is 0 Å². The van der Waals surface area contributed by atoms with Crippen molar-refractivity contribution in [1.29, 1.82) is 0 Å². The third-order valence-corrected chi connectivity index (χ3v) is 5.80. The van der Waals surface area contributed by atoms with Crippen molar-refractivity contribution in [2.45, 2.75) is 6.92 Å². The molecule has 0 fully saturated rings. The molecular weight excluding hydrogens is 363 g/mol. The predicted octanol–water partition coefficient (Wildman–Crippen LogP) is -7.71. The summed E-state index contributed by atoms with van der Waals surface area (Å²) in [6.45, 7) is 1.76. The Balaban J connectivity index is 2.27. The molecule has 0 N–H and O–H groups in total. The number of furan rings is 1. The van der Waals surface area contributed by atoms with Crippen molar-refractivity contribution >= 4 is 168 Å². The van der Waals surface area contributed by atoms with Gasteiger partial charge >= 0.3 is 0 Å². The molecule has 4 rings (SSSR count). The van der Waals surface area contributed by atoms with E-state index in [1.807, 2.05) is 0 Å². The van der Waals surface area contributed by atoms with Crippen LogP contribution in [-0.4, -0.2) is 86.3 Å². The highest BCUT2D eigenvalue weighted by Crippen LogP contribution is 2.27. The summed E-state index contributed by atoms with van der Waals surface area (Å²) < 4.78 is 6.00. The fraction of sp³-hybridized carbons (Fsp3) is 0.0526. The molecular formula is C19H3B11O. The maximum atomic E-state index is 6.48. The van der Waals surface area contributed by atoms with Crippen LogP contribution in [0.25, 0.3) is 33.1 Å². The van der Waals surface area contributed by atoms with Crippen molar-refractivity contribution in [2.75, 3.05) is 0 Å². The minimum Gasteiger partial charge on any atom is -0.457 e. The highest BCUT2D eigenvalue weighted by Gasteiger charge is 2.23. The first kappa shape index (κ1) is 22.4. The second-order valence-electron chi connectivity index (χ2n) is 7.44. The normalized spacial score (nSPS) is 11.5. The Kier molecular flexibility index (Phi) is 5.31. The maximum Gasteiger partial charge on any atom is 0.128 e. The molecule has 0 spiro atoms. The van der Waals surface area contributed by atoms with Crippen LogP contribution in [0, 0.1) is 6.92 Å². The fourth-order valence-electron chi connectivity index (χ4n) is 3.95. The summed E-state index contributed by atoms with van der Waals surface area (Å²) in [5, 5.41) is 0.997. The lowest BCUT2D eigenvalue weighted by Crippen LogP contribution is -2.56. The molecule has 12 heteroatoms. The molecule has 1 aromatic heterocycles. The van der Waals surface area contributed by atoms with Gasteiger partial charge in [0.25, 0.3) is 0 Å². The Bertz CT molecular complexity index is 1420. The molecule has 0 unspecified atom stereocenters. The van der Waals surface area contributed by atoms with E-state index in [1.165, 1.54) is 0 Å². The van der Waals surface area contributed by atoms with Crippen LogP contribution in [0.1, 0.15) is 5.56 Å². The zero-order valence-corrected chi connectivity index (χ0v) is 16.8. The quantitative estimate of drug-likeness (QED) is 0.305. The van der Waals surface area contributed by atoms with Gasteiger partial charge in [0.2, 0.25) is 0 Å². The van der Waals surface area contributed by atoms with E-state index in [1.54, 1.807) is 6.92 Å². The van der Waals surface area contributed by atoms with Gasteiger partial charge in [0.15, 0.2) is 0 Å². The van der Waals surface area contributed by atoms with Crippen molar-refractivity contribution in [1.82, 2.24) is 0 Å². The molecule has 0 aliphatic rings. The summed E-state index contributed by atoms with van der Waals surface area (Å²) in [6, 6.07) is 0. The van der Waals surface area contributed by atoms with Crippen molar-refractivity contribution < 1.29 is 4.42 Å². The third kappa shape index (κ3) is 2.86. The monoisotopic (exact) mass is 368 g/mol. The summed E-state index contributed by atoms with van der Waals surface area (Å²) in [5.41, 5.74) is 2.84. The number of aryl methyl sites for hydroxylation is 1. The van der Waals surface area contributed by atoms with E-state index in [2.05, 4.69) is 0 Å². The SMILES string of the molecule is [B]c1c([B])c([B])c(-c2c([B])c([B])c3c(oc4c([B])c([B])c([B])c(C)c43)c2[B])c([B])c1[B]. The topological polar surface area (TPSA) is 13.1 Å². The Morgan fingerprint density at radius 2 is 0.774 bits per heavy atom. The first-order chi connectivity index (χ1) is 14.4. The van der Waals surface area contributed by atoms with E-state index < -0.39 is 0 Å². The first-order valence-electron chi connectivity index (χ1n) is 9.08. The van der Waals surface area contributed by atoms with Gasteiger partial charge in [0, 0.05) is 10.8 Å². The van der Waals surface area contributed by atoms with Crippen LogP contribution in [0.2, 0.25) is 0 Å². The van der Waals surface area contributed by atoms with E-state index in [4.69, 9.17) is 90.7 Å². The third-order valence-electron chi connectivity index (χ3n) is 5.80. The smallest absolute Gasteiger partial charge is 0.128 e. The predicted molar refractivity (Wildman–Crippen MR) is 143 cm³/mol. The molecule has 118 valence electrons. The summed E-state index contributed by atoms with van der Waals surface area (Å²) in [7, 11) is 67.9. The Labute approximate surface area is 196 Å². The van der Waals surface area contributed by atoms with Crippen molar-refractivity contribution in [3.8, 4) is 11.1 Å². The average Bonchev–Trinajstić information content (AvgIpc) is 3.15. The minimum atomic E-state index is 0.0458. The van der Waals surface area contributed by atoms with E-state index in [0.717, 1.165) is 0 Å². The molecule has 22 radical (unpaired) electrons. The van der Waals surface area contributed by atoms with Crippen molar-refractivity contribution in [3.63, 3.8) is 0 Å². The molecule has 0 saturated heterocycles. The molecule has 0 amide bonds. The van der Waals surface area contributed by atoms with Gasteiger partial charge < -0.3 is 4.42 Å². The number of hydrogen-bond donors (Lipinski definition) is 0. The number of rotatable bonds is 1. The zero-order chi connectivity index (χ0) is 23.1. The van der Waals surface area contributed by atoms with Gasteiger partial charge in [-0.3, -0.25) is 0 Å². The second kappa shape index (κ2) is 7.36. The van der Waals surface area contributed by atoms with E-state index in [9.17, 15) is 0 Å². The number of fused-ring (bicyclic) bond motifs is 3. The van der Waals surface area contributed by atoms with Crippen LogP contribution >= 0.6 is 0 Å². The summed E-state index contributed by atoms with van der Waals surface area (Å²) in [4.78, 5) is 0. The van der Waals surface area contributed by atoms with Gasteiger partial charge in [-0.15, -0.1) is 27.3 Å². The van der Waals surface area contributed by atoms with E-state index >= 15 is 0 Å². The largest absolute Gasteiger partial charge is 0.457 e. The average molecular weight is 366 g/mol. The fourth-order valence-corrected chi connectivity index (χ4v) is 3.95. The van der Waals surface area contributed by atoms with Gasteiger partial charge in [-0.05, 0) is 29.1 Å². The van der Waals surface area contributed by atoms with Gasteiger partial charge in [-0.25, -0.2) is 0 Å². The number of hydrogen-bond acceptors (Lipinski definition) is 1. The molecule has 1 nitrogen and oxygen atoms in total. The Morgan fingerprint density at radius 1 is 0.387 bits per heavy atom. The minimum absolute atomic E-state index is 0.0458. The molecule has 0 bridgehead atoms. The molecule has 4 aromatic rings.